The highest BCUT2D eigenvalue weighted by molar-refractivity contribution is 9.10. The quantitative estimate of drug-likeness (QED) is 0.847. The molecule has 2 N–H and O–H groups in total. The molecule has 0 spiro atoms. The van der Waals surface area contributed by atoms with Crippen LogP contribution in [0.5, 0.6) is 0 Å². The summed E-state index contributed by atoms with van der Waals surface area (Å²) in [5.74, 6) is -0.482. The van der Waals surface area contributed by atoms with Crippen molar-refractivity contribution in [2.24, 2.45) is 5.73 Å². The second-order valence-corrected chi connectivity index (χ2v) is 4.65. The summed E-state index contributed by atoms with van der Waals surface area (Å²) in [7, 11) is 0. The molecule has 1 rings (SSSR count). The molecule has 0 bridgehead atoms. The van der Waals surface area contributed by atoms with Crippen LogP contribution in [0.3, 0.4) is 0 Å². The first kappa shape index (κ1) is 11.5. The number of carbonyl (C=O) groups excluding carboxylic acids is 1. The number of amides is 1. The molecule has 0 aromatic heterocycles. The second-order valence-electron chi connectivity index (χ2n) is 3.21. The minimum Gasteiger partial charge on any atom is -0.368 e. The van der Waals surface area contributed by atoms with Crippen molar-refractivity contribution in [1.29, 1.82) is 0 Å². The van der Waals surface area contributed by atoms with Gasteiger partial charge in [-0.2, -0.15) is 0 Å². The fraction of sp³-hybridized carbons (Fsp3) is 0.300. The molecular weight excluding hydrogens is 265 g/mol. The van der Waals surface area contributed by atoms with Gasteiger partial charge in [0.25, 0.3) is 0 Å². The summed E-state index contributed by atoms with van der Waals surface area (Å²) in [6.07, 6.45) is 0.469. The van der Waals surface area contributed by atoms with E-state index in [9.17, 15) is 4.79 Å². The predicted molar refractivity (Wildman–Crippen MR) is 61.4 cm³/mol. The maximum Gasteiger partial charge on any atom is 0.235 e. The SMILES string of the molecule is Cc1cc(Br)cc(CC(Cl)C(N)=O)c1. The fourth-order valence-electron chi connectivity index (χ4n) is 1.24. The normalized spacial score (nSPS) is 12.5. The van der Waals surface area contributed by atoms with E-state index in [0.717, 1.165) is 15.6 Å². The molecule has 0 fully saturated rings. The number of hydrogen-bond acceptors (Lipinski definition) is 1. The van der Waals surface area contributed by atoms with Crippen LogP contribution in [0, 0.1) is 6.92 Å². The summed E-state index contributed by atoms with van der Waals surface area (Å²) < 4.78 is 0.987. The van der Waals surface area contributed by atoms with Crippen molar-refractivity contribution in [3.8, 4) is 0 Å². The monoisotopic (exact) mass is 275 g/mol. The van der Waals surface area contributed by atoms with Crippen LogP contribution < -0.4 is 5.73 Å². The van der Waals surface area contributed by atoms with E-state index in [1.54, 1.807) is 0 Å². The third-order valence-electron chi connectivity index (χ3n) is 1.83. The van der Waals surface area contributed by atoms with E-state index in [-0.39, 0.29) is 0 Å². The zero-order chi connectivity index (χ0) is 10.7. The predicted octanol–water partition coefficient (Wildman–Crippen LogP) is 2.39. The zero-order valence-corrected chi connectivity index (χ0v) is 10.1. The standard InChI is InChI=1S/C10H11BrClNO/c1-6-2-7(4-8(11)3-6)5-9(12)10(13)14/h2-4,9H,5H2,1H3,(H2,13,14). The molecule has 0 aliphatic heterocycles. The minimum atomic E-state index is -0.635. The van der Waals surface area contributed by atoms with Crippen LogP contribution in [0.2, 0.25) is 0 Å². The first-order valence-corrected chi connectivity index (χ1v) is 5.41. The molecular formula is C10H11BrClNO. The van der Waals surface area contributed by atoms with Crippen LogP contribution in [-0.2, 0) is 11.2 Å². The maximum absolute atomic E-state index is 10.8. The van der Waals surface area contributed by atoms with E-state index in [0.29, 0.717) is 6.42 Å². The molecule has 0 aliphatic carbocycles. The number of carbonyl (C=O) groups is 1. The van der Waals surface area contributed by atoms with Crippen LogP contribution in [0.1, 0.15) is 11.1 Å². The summed E-state index contributed by atoms with van der Waals surface area (Å²) in [5.41, 5.74) is 7.21. The molecule has 0 saturated heterocycles. The molecule has 0 heterocycles. The van der Waals surface area contributed by atoms with Gasteiger partial charge in [0.15, 0.2) is 0 Å². The molecule has 1 unspecified atom stereocenters. The van der Waals surface area contributed by atoms with Crippen molar-refractivity contribution >= 4 is 33.4 Å². The van der Waals surface area contributed by atoms with Crippen molar-refractivity contribution in [3.63, 3.8) is 0 Å². The molecule has 2 nitrogen and oxygen atoms in total. The van der Waals surface area contributed by atoms with Gasteiger partial charge >= 0.3 is 0 Å². The third kappa shape index (κ3) is 3.31. The highest BCUT2D eigenvalue weighted by atomic mass is 79.9. The van der Waals surface area contributed by atoms with Gasteiger partial charge in [-0.05, 0) is 36.6 Å². The number of halogens is 2. The highest BCUT2D eigenvalue weighted by Crippen LogP contribution is 2.17. The van der Waals surface area contributed by atoms with Crippen LogP contribution in [0.25, 0.3) is 0 Å². The van der Waals surface area contributed by atoms with Gasteiger partial charge in [0.1, 0.15) is 5.38 Å². The lowest BCUT2D eigenvalue weighted by Crippen LogP contribution is -2.25. The Hall–Kier alpha value is -0.540. The molecule has 0 saturated carbocycles. The molecule has 0 radical (unpaired) electrons. The number of benzene rings is 1. The number of rotatable bonds is 3. The van der Waals surface area contributed by atoms with Crippen LogP contribution in [-0.4, -0.2) is 11.3 Å². The molecule has 0 aliphatic rings. The average Bonchev–Trinajstić information content (AvgIpc) is 2.01. The molecule has 1 aromatic carbocycles. The van der Waals surface area contributed by atoms with Gasteiger partial charge in [-0.15, -0.1) is 11.6 Å². The summed E-state index contributed by atoms with van der Waals surface area (Å²) in [6, 6.07) is 5.92. The Labute approximate surface area is 96.6 Å². The number of alkyl halides is 1. The minimum absolute atomic E-state index is 0.469. The van der Waals surface area contributed by atoms with Gasteiger partial charge < -0.3 is 5.73 Å². The van der Waals surface area contributed by atoms with Crippen molar-refractivity contribution in [2.75, 3.05) is 0 Å². The van der Waals surface area contributed by atoms with Gasteiger partial charge in [0.05, 0.1) is 0 Å². The molecule has 4 heteroatoms. The summed E-state index contributed by atoms with van der Waals surface area (Å²) in [5, 5.41) is -0.635. The van der Waals surface area contributed by atoms with Crippen LogP contribution in [0.4, 0.5) is 0 Å². The Morgan fingerprint density at radius 1 is 1.57 bits per heavy atom. The number of primary amides is 1. The van der Waals surface area contributed by atoms with Gasteiger partial charge in [0.2, 0.25) is 5.91 Å². The topological polar surface area (TPSA) is 43.1 Å². The zero-order valence-electron chi connectivity index (χ0n) is 7.76. The molecule has 1 amide bonds. The van der Waals surface area contributed by atoms with E-state index in [2.05, 4.69) is 15.9 Å². The van der Waals surface area contributed by atoms with E-state index in [1.807, 2.05) is 25.1 Å². The Bertz CT molecular complexity index is 334. The summed E-state index contributed by atoms with van der Waals surface area (Å²) in [4.78, 5) is 10.8. The van der Waals surface area contributed by atoms with E-state index < -0.39 is 11.3 Å². The third-order valence-corrected chi connectivity index (χ3v) is 2.65. The first-order valence-electron chi connectivity index (χ1n) is 4.18. The largest absolute Gasteiger partial charge is 0.368 e. The van der Waals surface area contributed by atoms with E-state index in [1.165, 1.54) is 0 Å². The van der Waals surface area contributed by atoms with Gasteiger partial charge in [-0.3, -0.25) is 4.79 Å². The van der Waals surface area contributed by atoms with Crippen LogP contribution >= 0.6 is 27.5 Å². The number of aryl methyl sites for hydroxylation is 1. The first-order chi connectivity index (χ1) is 6.49. The highest BCUT2D eigenvalue weighted by Gasteiger charge is 2.12. The lowest BCUT2D eigenvalue weighted by molar-refractivity contribution is -0.117. The van der Waals surface area contributed by atoms with E-state index >= 15 is 0 Å². The Morgan fingerprint density at radius 2 is 2.21 bits per heavy atom. The van der Waals surface area contributed by atoms with E-state index in [4.69, 9.17) is 17.3 Å². The summed E-state index contributed by atoms with van der Waals surface area (Å²) >= 11 is 9.15. The van der Waals surface area contributed by atoms with Crippen LogP contribution in [0.15, 0.2) is 22.7 Å². The lowest BCUT2D eigenvalue weighted by Gasteiger charge is -2.06. The second kappa shape index (κ2) is 4.80. The smallest absolute Gasteiger partial charge is 0.235 e. The Balaban J connectivity index is 2.81. The molecule has 1 atom stereocenters. The van der Waals surface area contributed by atoms with Crippen molar-refractivity contribution in [2.45, 2.75) is 18.7 Å². The van der Waals surface area contributed by atoms with Crippen molar-refractivity contribution in [1.82, 2.24) is 0 Å². The summed E-state index contributed by atoms with van der Waals surface area (Å²) in [6.45, 7) is 1.99. The Kier molecular flexibility index (Phi) is 3.96. The van der Waals surface area contributed by atoms with Gasteiger partial charge in [-0.25, -0.2) is 0 Å². The van der Waals surface area contributed by atoms with Gasteiger partial charge in [-0.1, -0.05) is 22.0 Å². The maximum atomic E-state index is 10.8. The van der Waals surface area contributed by atoms with Crippen molar-refractivity contribution < 1.29 is 4.79 Å². The number of hydrogen-bond donors (Lipinski definition) is 1. The average molecular weight is 277 g/mol. The fourth-order valence-corrected chi connectivity index (χ4v) is 2.07. The van der Waals surface area contributed by atoms with Gasteiger partial charge in [0, 0.05) is 4.47 Å². The lowest BCUT2D eigenvalue weighted by atomic mass is 10.1. The molecule has 1 aromatic rings. The Morgan fingerprint density at radius 3 is 2.71 bits per heavy atom. The van der Waals surface area contributed by atoms with Crippen molar-refractivity contribution in [3.05, 3.63) is 33.8 Å². The number of nitrogens with two attached hydrogens (primary N) is 1. The molecule has 76 valence electrons. The molecule has 14 heavy (non-hydrogen) atoms.